The van der Waals surface area contributed by atoms with Crippen molar-refractivity contribution in [3.8, 4) is 11.5 Å². The highest BCUT2D eigenvalue weighted by atomic mass is 32.2. The molecule has 0 aliphatic carbocycles. The summed E-state index contributed by atoms with van der Waals surface area (Å²) in [6.07, 6.45) is 0. The summed E-state index contributed by atoms with van der Waals surface area (Å²) < 4.78 is 38.1. The van der Waals surface area contributed by atoms with E-state index < -0.39 is 10.0 Å². The van der Waals surface area contributed by atoms with Crippen LogP contribution in [0.25, 0.3) is 0 Å². The number of carbonyl (C=O) groups is 1. The largest absolute Gasteiger partial charge is 0.497 e. The molecule has 0 bridgehead atoms. The Morgan fingerprint density at radius 2 is 1.57 bits per heavy atom. The molecule has 7 nitrogen and oxygen atoms in total. The molecule has 3 aromatic carbocycles. The summed E-state index contributed by atoms with van der Waals surface area (Å²) in [5.74, 6) is 0.914. The molecule has 0 fully saturated rings. The minimum atomic E-state index is -3.80. The van der Waals surface area contributed by atoms with Gasteiger partial charge in [-0.1, -0.05) is 6.07 Å². The summed E-state index contributed by atoms with van der Waals surface area (Å²) in [7, 11) is -2.30. The molecule has 3 aromatic rings. The van der Waals surface area contributed by atoms with Crippen LogP contribution in [0.5, 0.6) is 11.5 Å². The van der Waals surface area contributed by atoms with Gasteiger partial charge in [-0.2, -0.15) is 0 Å². The molecule has 1 amide bonds. The van der Waals surface area contributed by atoms with Crippen molar-refractivity contribution in [2.24, 2.45) is 0 Å². The normalized spacial score (nSPS) is 10.9. The second kappa shape index (κ2) is 9.32. The maximum atomic E-state index is 12.6. The Morgan fingerprint density at radius 1 is 0.900 bits per heavy atom. The van der Waals surface area contributed by atoms with Gasteiger partial charge in [-0.3, -0.25) is 9.52 Å². The molecular formula is C22H22N2O5S. The lowest BCUT2D eigenvalue weighted by molar-refractivity contribution is 0.102. The molecule has 0 saturated heterocycles. The van der Waals surface area contributed by atoms with Gasteiger partial charge in [0.25, 0.3) is 15.9 Å². The third-order valence-corrected chi connectivity index (χ3v) is 5.57. The molecular weight excluding hydrogens is 404 g/mol. The first-order chi connectivity index (χ1) is 14.4. The van der Waals surface area contributed by atoms with E-state index in [1.54, 1.807) is 54.6 Å². The van der Waals surface area contributed by atoms with Crippen LogP contribution in [0.2, 0.25) is 0 Å². The molecule has 0 atom stereocenters. The average Bonchev–Trinajstić information content (AvgIpc) is 2.75. The molecule has 3 rings (SSSR count). The fourth-order valence-corrected chi connectivity index (χ4v) is 3.75. The van der Waals surface area contributed by atoms with Crippen molar-refractivity contribution in [2.75, 3.05) is 23.8 Å². The van der Waals surface area contributed by atoms with Crippen molar-refractivity contribution < 1.29 is 22.7 Å². The smallest absolute Gasteiger partial charge is 0.261 e. The predicted octanol–water partition coefficient (Wildman–Crippen LogP) is 4.15. The van der Waals surface area contributed by atoms with Crippen LogP contribution in [-0.2, 0) is 10.0 Å². The van der Waals surface area contributed by atoms with E-state index in [1.807, 2.05) is 6.92 Å². The Kier molecular flexibility index (Phi) is 6.58. The number of benzene rings is 3. The molecule has 0 unspecified atom stereocenters. The SMILES string of the molecule is CCOc1ccc(NC(=O)c2cccc(NS(=O)(=O)c3ccc(OC)cc3)c2)cc1. The Labute approximate surface area is 175 Å². The molecule has 156 valence electrons. The zero-order valence-corrected chi connectivity index (χ0v) is 17.4. The Hall–Kier alpha value is -3.52. The molecule has 30 heavy (non-hydrogen) atoms. The molecule has 0 radical (unpaired) electrons. The predicted molar refractivity (Wildman–Crippen MR) is 116 cm³/mol. The van der Waals surface area contributed by atoms with Crippen LogP contribution in [0.4, 0.5) is 11.4 Å². The first-order valence-corrected chi connectivity index (χ1v) is 10.7. The maximum absolute atomic E-state index is 12.6. The number of hydrogen-bond donors (Lipinski definition) is 2. The molecule has 0 aliphatic rings. The number of anilines is 2. The van der Waals surface area contributed by atoms with Crippen LogP contribution < -0.4 is 19.5 Å². The monoisotopic (exact) mass is 426 g/mol. The number of methoxy groups -OCH3 is 1. The van der Waals surface area contributed by atoms with E-state index in [2.05, 4.69) is 10.0 Å². The summed E-state index contributed by atoms with van der Waals surface area (Å²) in [6, 6.07) is 19.3. The number of carbonyl (C=O) groups excluding carboxylic acids is 1. The highest BCUT2D eigenvalue weighted by molar-refractivity contribution is 7.92. The van der Waals surface area contributed by atoms with Crippen LogP contribution in [0.3, 0.4) is 0 Å². The summed E-state index contributed by atoms with van der Waals surface area (Å²) in [4.78, 5) is 12.6. The number of nitrogens with one attached hydrogen (secondary N) is 2. The topological polar surface area (TPSA) is 93.7 Å². The lowest BCUT2D eigenvalue weighted by Gasteiger charge is -2.11. The molecule has 0 saturated carbocycles. The van der Waals surface area contributed by atoms with Crippen LogP contribution in [-0.4, -0.2) is 28.0 Å². The summed E-state index contributed by atoms with van der Waals surface area (Å²) >= 11 is 0. The standard InChI is InChI=1S/C22H22N2O5S/c1-3-29-20-9-7-17(8-10-20)23-22(25)16-5-4-6-18(15-16)24-30(26,27)21-13-11-19(28-2)12-14-21/h4-15,24H,3H2,1-2H3,(H,23,25). The van der Waals surface area contributed by atoms with Crippen molar-refractivity contribution in [1.29, 1.82) is 0 Å². The van der Waals surface area contributed by atoms with E-state index in [1.165, 1.54) is 25.3 Å². The second-order valence-electron chi connectivity index (χ2n) is 6.27. The molecule has 0 aromatic heterocycles. The summed E-state index contributed by atoms with van der Waals surface area (Å²) in [5, 5.41) is 2.78. The average molecular weight is 426 g/mol. The minimum absolute atomic E-state index is 0.0903. The van der Waals surface area contributed by atoms with Gasteiger partial charge in [-0.25, -0.2) is 8.42 Å². The van der Waals surface area contributed by atoms with Gasteiger partial charge in [0, 0.05) is 16.9 Å². The van der Waals surface area contributed by atoms with Gasteiger partial charge in [-0.15, -0.1) is 0 Å². The zero-order valence-electron chi connectivity index (χ0n) is 16.6. The van der Waals surface area contributed by atoms with Gasteiger partial charge in [0.1, 0.15) is 11.5 Å². The highest BCUT2D eigenvalue weighted by Gasteiger charge is 2.15. The fourth-order valence-electron chi connectivity index (χ4n) is 2.70. The number of ether oxygens (including phenoxy) is 2. The lowest BCUT2D eigenvalue weighted by atomic mass is 10.2. The first kappa shape index (κ1) is 21.2. The third kappa shape index (κ3) is 5.30. The van der Waals surface area contributed by atoms with Gasteiger partial charge < -0.3 is 14.8 Å². The first-order valence-electron chi connectivity index (χ1n) is 9.22. The van der Waals surface area contributed by atoms with Crippen LogP contribution in [0, 0.1) is 0 Å². The Morgan fingerprint density at radius 3 is 2.20 bits per heavy atom. The molecule has 0 aliphatic heterocycles. The van der Waals surface area contributed by atoms with Crippen LogP contribution >= 0.6 is 0 Å². The van der Waals surface area contributed by atoms with Crippen molar-refractivity contribution in [2.45, 2.75) is 11.8 Å². The fraction of sp³-hybridized carbons (Fsp3) is 0.136. The minimum Gasteiger partial charge on any atom is -0.497 e. The summed E-state index contributed by atoms with van der Waals surface area (Å²) in [6.45, 7) is 2.45. The Bertz CT molecular complexity index is 1110. The maximum Gasteiger partial charge on any atom is 0.261 e. The quantitative estimate of drug-likeness (QED) is 0.564. The molecule has 0 heterocycles. The van der Waals surface area contributed by atoms with Gasteiger partial charge in [-0.05, 0) is 73.7 Å². The van der Waals surface area contributed by atoms with E-state index in [-0.39, 0.29) is 16.5 Å². The number of hydrogen-bond acceptors (Lipinski definition) is 5. The zero-order chi connectivity index (χ0) is 21.6. The van der Waals surface area contributed by atoms with E-state index in [0.717, 1.165) is 0 Å². The van der Waals surface area contributed by atoms with Gasteiger partial charge in [0.15, 0.2) is 0 Å². The number of amides is 1. The number of sulfonamides is 1. The van der Waals surface area contributed by atoms with E-state index in [0.29, 0.717) is 29.4 Å². The van der Waals surface area contributed by atoms with Crippen molar-refractivity contribution in [3.63, 3.8) is 0 Å². The van der Waals surface area contributed by atoms with Gasteiger partial charge >= 0.3 is 0 Å². The van der Waals surface area contributed by atoms with Crippen LogP contribution in [0.1, 0.15) is 17.3 Å². The van der Waals surface area contributed by atoms with E-state index >= 15 is 0 Å². The molecule has 0 spiro atoms. The summed E-state index contributed by atoms with van der Waals surface area (Å²) in [5.41, 5.74) is 1.21. The van der Waals surface area contributed by atoms with E-state index in [4.69, 9.17) is 9.47 Å². The second-order valence-corrected chi connectivity index (χ2v) is 7.96. The lowest BCUT2D eigenvalue weighted by Crippen LogP contribution is -2.15. The van der Waals surface area contributed by atoms with Crippen molar-refractivity contribution in [1.82, 2.24) is 0 Å². The van der Waals surface area contributed by atoms with Crippen molar-refractivity contribution in [3.05, 3.63) is 78.4 Å². The highest BCUT2D eigenvalue weighted by Crippen LogP contribution is 2.21. The van der Waals surface area contributed by atoms with Crippen LogP contribution in [0.15, 0.2) is 77.7 Å². The van der Waals surface area contributed by atoms with Crippen molar-refractivity contribution >= 4 is 27.3 Å². The third-order valence-electron chi connectivity index (χ3n) is 4.17. The van der Waals surface area contributed by atoms with Gasteiger partial charge in [0.05, 0.1) is 18.6 Å². The molecule has 2 N–H and O–H groups in total. The molecule has 8 heteroatoms. The Balaban J connectivity index is 1.72. The van der Waals surface area contributed by atoms with E-state index in [9.17, 15) is 13.2 Å². The van der Waals surface area contributed by atoms with Gasteiger partial charge in [0.2, 0.25) is 0 Å². The number of rotatable bonds is 8.